The molecule has 4 nitrogen and oxygen atoms in total. The van der Waals surface area contributed by atoms with E-state index in [0.717, 1.165) is 0 Å². The van der Waals surface area contributed by atoms with Gasteiger partial charge in [-0.2, -0.15) is 0 Å². The van der Waals surface area contributed by atoms with Gasteiger partial charge in [0.05, 0.1) is 6.10 Å². The van der Waals surface area contributed by atoms with E-state index >= 15 is 0 Å². The van der Waals surface area contributed by atoms with E-state index in [1.54, 1.807) is 0 Å². The molecular weight excluding hydrogens is 349 g/mol. The van der Waals surface area contributed by atoms with Crippen molar-refractivity contribution in [1.82, 2.24) is 0 Å². The molecule has 158 valence electrons. The molecule has 0 aromatic rings. The number of unbranched alkanes of at least 4 members (excludes halogenated alkanes) is 15. The van der Waals surface area contributed by atoms with Gasteiger partial charge < -0.3 is 15.9 Å². The van der Waals surface area contributed by atoms with Crippen LogP contribution in [0.2, 0.25) is 3.67 Å². The van der Waals surface area contributed by atoms with Crippen molar-refractivity contribution in [2.24, 2.45) is 5.73 Å². The van der Waals surface area contributed by atoms with Crippen LogP contribution in [0.5, 0.6) is 0 Å². The van der Waals surface area contributed by atoms with Crippen LogP contribution >= 0.6 is 0 Å². The monoisotopic (exact) mass is 395 g/mol. The third-order valence-corrected chi connectivity index (χ3v) is 5.72. The fourth-order valence-corrected chi connectivity index (χ4v) is 3.50. The number of nitrogens with two attached hydrogens (primary N) is 1. The first kappa shape index (κ1) is 29.6. The Morgan fingerprint density at radius 2 is 1.07 bits per heavy atom. The van der Waals surface area contributed by atoms with Gasteiger partial charge in [0.25, 0.3) is 0 Å². The van der Waals surface area contributed by atoms with E-state index in [-0.39, 0.29) is 0 Å². The van der Waals surface area contributed by atoms with E-state index in [9.17, 15) is 4.79 Å². The minimum atomic E-state index is -1.18. The van der Waals surface area contributed by atoms with Crippen molar-refractivity contribution in [3.63, 3.8) is 0 Å². The summed E-state index contributed by atoms with van der Waals surface area (Å²) in [5.41, 5.74) is 4.91. The topological polar surface area (TPSA) is 83.5 Å². The third kappa shape index (κ3) is 26.4. The zero-order valence-electron chi connectivity index (χ0n) is 18.6. The molecule has 0 aliphatic rings. The maximum absolute atomic E-state index is 9.86. The first-order valence-corrected chi connectivity index (χ1v) is 13.0. The molecule has 0 aromatic heterocycles. The molecule has 0 fully saturated rings. The van der Waals surface area contributed by atoms with Crippen molar-refractivity contribution in [3.8, 4) is 0 Å². The molecule has 0 aliphatic heterocycles. The summed E-state index contributed by atoms with van der Waals surface area (Å²) in [5.74, 6) is -1.18. The Morgan fingerprint density at radius 3 is 1.26 bits per heavy atom. The normalized spacial score (nSPS) is 13.0. The molecule has 0 bridgehead atoms. The SMILES string of the molecule is CC(O)C(N)C(=O)O.CCCCCCCCCCCCCCCCC[CH2][Na]. The summed E-state index contributed by atoms with van der Waals surface area (Å²) in [4.78, 5) is 9.86. The summed E-state index contributed by atoms with van der Waals surface area (Å²) in [6.07, 6.45) is 22.7. The second-order valence-corrected chi connectivity index (χ2v) is 8.91. The van der Waals surface area contributed by atoms with Crippen molar-refractivity contribution in [2.75, 3.05) is 0 Å². The molecule has 4 N–H and O–H groups in total. The van der Waals surface area contributed by atoms with Gasteiger partial charge in [0.15, 0.2) is 0 Å². The third-order valence-electron chi connectivity index (χ3n) is 5.01. The van der Waals surface area contributed by atoms with Crippen LogP contribution in [0, 0.1) is 0 Å². The Hall–Kier alpha value is 0.390. The average molecular weight is 396 g/mol. The fraction of sp³-hybridized carbons (Fsp3) is 0.955. The minimum absolute atomic E-state index is 0.979. The Kier molecular flexibility index (Phi) is 26.8. The summed E-state index contributed by atoms with van der Waals surface area (Å²) >= 11 is 1.41. The number of carboxylic acids is 1. The summed E-state index contributed by atoms with van der Waals surface area (Å²) in [7, 11) is 0. The van der Waals surface area contributed by atoms with Crippen LogP contribution in [0.15, 0.2) is 0 Å². The zero-order chi connectivity index (χ0) is 20.8. The predicted molar refractivity (Wildman–Crippen MR) is 117 cm³/mol. The molecule has 0 amide bonds. The van der Waals surface area contributed by atoms with E-state index in [0.29, 0.717) is 0 Å². The van der Waals surface area contributed by atoms with Gasteiger partial charge in [-0.05, 0) is 6.92 Å². The quantitative estimate of drug-likeness (QED) is 0.208. The molecule has 27 heavy (non-hydrogen) atoms. The van der Waals surface area contributed by atoms with Crippen LogP contribution in [0.3, 0.4) is 0 Å². The summed E-state index contributed by atoms with van der Waals surface area (Å²) < 4.78 is 1.51. The van der Waals surface area contributed by atoms with Gasteiger partial charge in [0, 0.05) is 0 Å². The van der Waals surface area contributed by atoms with Crippen LogP contribution in [0.1, 0.15) is 117 Å². The summed E-state index contributed by atoms with van der Waals surface area (Å²) in [5, 5.41) is 16.6. The molecule has 0 aromatic carbocycles. The number of rotatable bonds is 18. The first-order chi connectivity index (χ1) is 13.0. The molecule has 0 saturated carbocycles. The van der Waals surface area contributed by atoms with E-state index in [4.69, 9.17) is 15.9 Å². The van der Waals surface area contributed by atoms with Gasteiger partial charge in [-0.25, -0.2) is 0 Å². The number of aliphatic hydroxyl groups excluding tert-OH is 1. The molecule has 0 saturated heterocycles. The molecule has 0 heterocycles. The molecular formula is C22H46NNaO3. The maximum atomic E-state index is 9.86. The van der Waals surface area contributed by atoms with Crippen molar-refractivity contribution in [1.29, 1.82) is 0 Å². The van der Waals surface area contributed by atoms with Crippen LogP contribution in [0.25, 0.3) is 0 Å². The molecule has 0 radical (unpaired) electrons. The van der Waals surface area contributed by atoms with Gasteiger partial charge in [-0.1, -0.05) is 39.0 Å². The van der Waals surface area contributed by atoms with E-state index in [1.807, 2.05) is 0 Å². The molecule has 2 unspecified atom stereocenters. The number of hydrogen-bond donors (Lipinski definition) is 3. The summed E-state index contributed by atoms with van der Waals surface area (Å²) in [6, 6.07) is -1.16. The number of carboxylic acid groups (broad SMARTS) is 1. The van der Waals surface area contributed by atoms with Crippen LogP contribution in [-0.4, -0.2) is 56.3 Å². The molecule has 0 rings (SSSR count). The van der Waals surface area contributed by atoms with Gasteiger partial charge in [-0.3, -0.25) is 4.79 Å². The van der Waals surface area contributed by atoms with Crippen molar-refractivity contribution >= 4 is 33.9 Å². The molecule has 0 aliphatic carbocycles. The van der Waals surface area contributed by atoms with Gasteiger partial charge in [-0.15, -0.1) is 0 Å². The number of hydrogen-bond acceptors (Lipinski definition) is 3. The van der Waals surface area contributed by atoms with E-state index < -0.39 is 18.1 Å². The van der Waals surface area contributed by atoms with E-state index in [1.165, 1.54) is 141 Å². The standard InChI is InChI=1S/C18H37.C4H9NO3.Na/c1-3-5-7-9-11-13-15-17-18-16-14-12-10-8-6-4-2;1-2(6)3(5)4(7)8;/h1,3-18H2,2H3;2-3,6H,5H2,1H3,(H,7,8);. The van der Waals surface area contributed by atoms with Gasteiger partial charge in [0.1, 0.15) is 6.04 Å². The number of carbonyl (C=O) groups is 1. The fourth-order valence-electron chi connectivity index (χ4n) is 3.00. The van der Waals surface area contributed by atoms with Crippen LogP contribution in [0.4, 0.5) is 0 Å². The Morgan fingerprint density at radius 1 is 0.778 bits per heavy atom. The zero-order valence-corrected chi connectivity index (χ0v) is 20.6. The summed E-state index contributed by atoms with van der Waals surface area (Å²) in [6.45, 7) is 3.63. The Bertz CT molecular complexity index is 285. The van der Waals surface area contributed by atoms with Crippen molar-refractivity contribution in [2.45, 2.75) is 132 Å². The van der Waals surface area contributed by atoms with Gasteiger partial charge >= 0.3 is 108 Å². The predicted octanol–water partition coefficient (Wildman–Crippen LogP) is 5.61. The molecule has 5 heteroatoms. The Balaban J connectivity index is 0. The van der Waals surface area contributed by atoms with Crippen LogP contribution < -0.4 is 5.73 Å². The van der Waals surface area contributed by atoms with E-state index in [2.05, 4.69) is 6.92 Å². The average Bonchev–Trinajstić information content (AvgIpc) is 2.64. The second kappa shape index (κ2) is 24.4. The molecule has 0 spiro atoms. The second-order valence-electron chi connectivity index (χ2n) is 7.91. The first-order valence-electron chi connectivity index (χ1n) is 11.6. The Labute approximate surface area is 186 Å². The van der Waals surface area contributed by atoms with Crippen molar-refractivity contribution in [3.05, 3.63) is 0 Å². The van der Waals surface area contributed by atoms with Crippen molar-refractivity contribution < 1.29 is 15.0 Å². The van der Waals surface area contributed by atoms with Gasteiger partial charge in [0.2, 0.25) is 0 Å². The van der Waals surface area contributed by atoms with Crippen LogP contribution in [-0.2, 0) is 4.79 Å². The number of aliphatic carboxylic acids is 1. The molecule has 2 atom stereocenters. The number of aliphatic hydroxyl groups is 1.